The van der Waals surface area contributed by atoms with Crippen LogP contribution in [0.3, 0.4) is 0 Å². The molecule has 0 spiro atoms. The molecule has 1 unspecified atom stereocenters. The smallest absolute Gasteiger partial charge is 0.207 e. The highest BCUT2D eigenvalue weighted by atomic mass is 35.5. The van der Waals surface area contributed by atoms with Crippen molar-refractivity contribution < 1.29 is 12.8 Å². The number of halogens is 2. The molecule has 0 amide bonds. The number of rotatable bonds is 3. The first kappa shape index (κ1) is 15.9. The Morgan fingerprint density at radius 3 is 2.86 bits per heavy atom. The number of hydrogen-bond acceptors (Lipinski definition) is 3. The molecule has 3 nitrogen and oxygen atoms in total. The summed E-state index contributed by atoms with van der Waals surface area (Å²) in [7, 11) is -3.89. The van der Waals surface area contributed by atoms with Crippen LogP contribution < -0.4 is 0 Å². The Hall–Kier alpha value is -0.950. The van der Waals surface area contributed by atoms with Crippen molar-refractivity contribution >= 4 is 33.0 Å². The molecule has 1 aromatic carbocycles. The van der Waals surface area contributed by atoms with Gasteiger partial charge in [-0.3, -0.25) is 0 Å². The van der Waals surface area contributed by atoms with Crippen LogP contribution in [-0.2, 0) is 16.4 Å². The fraction of sp³-hybridized carbons (Fsp3) is 0.333. The van der Waals surface area contributed by atoms with Crippen LogP contribution in [-0.4, -0.2) is 19.3 Å². The Morgan fingerprint density at radius 1 is 1.41 bits per heavy atom. The van der Waals surface area contributed by atoms with E-state index >= 15 is 0 Å². The van der Waals surface area contributed by atoms with Crippen molar-refractivity contribution in [3.05, 3.63) is 50.9 Å². The molecule has 118 valence electrons. The lowest BCUT2D eigenvalue weighted by Crippen LogP contribution is -2.39. The van der Waals surface area contributed by atoms with E-state index in [1.54, 1.807) is 11.3 Å². The predicted molar refractivity (Wildman–Crippen MR) is 86.4 cm³/mol. The molecule has 0 N–H and O–H groups in total. The summed E-state index contributed by atoms with van der Waals surface area (Å²) in [4.78, 5) is 0.906. The van der Waals surface area contributed by atoms with Gasteiger partial charge in [0.25, 0.3) is 0 Å². The van der Waals surface area contributed by atoms with Gasteiger partial charge in [0.15, 0.2) is 0 Å². The molecule has 0 aliphatic carbocycles. The standard InChI is InChI=1S/C15H15ClFNO2S2/c1-2-13-11-6-8-21-14(11)5-7-18(13)22(19,20)15-4-3-10(16)9-12(15)17/h3-4,6,8-9,13H,2,5,7H2,1H3. The van der Waals surface area contributed by atoms with E-state index in [0.717, 1.165) is 11.6 Å². The zero-order chi connectivity index (χ0) is 15.9. The normalized spacial score (nSPS) is 19.1. The maximum absolute atomic E-state index is 14.1. The van der Waals surface area contributed by atoms with Gasteiger partial charge in [-0.2, -0.15) is 4.31 Å². The molecule has 0 fully saturated rings. The number of sulfonamides is 1. The maximum Gasteiger partial charge on any atom is 0.246 e. The summed E-state index contributed by atoms with van der Waals surface area (Å²) in [5, 5.41) is 2.16. The first-order valence-electron chi connectivity index (χ1n) is 6.98. The Bertz CT molecular complexity index is 804. The van der Waals surface area contributed by atoms with Crippen LogP contribution in [0, 0.1) is 5.82 Å². The van der Waals surface area contributed by atoms with Gasteiger partial charge in [0.2, 0.25) is 10.0 Å². The predicted octanol–water partition coefficient (Wildman–Crippen LogP) is 4.24. The monoisotopic (exact) mass is 359 g/mol. The summed E-state index contributed by atoms with van der Waals surface area (Å²) in [5.74, 6) is -0.807. The zero-order valence-corrected chi connectivity index (χ0v) is 14.3. The molecular formula is C15H15ClFNO2S2. The van der Waals surface area contributed by atoms with Gasteiger partial charge < -0.3 is 0 Å². The van der Waals surface area contributed by atoms with E-state index in [2.05, 4.69) is 0 Å². The van der Waals surface area contributed by atoms with Gasteiger partial charge in [-0.05, 0) is 48.1 Å². The lowest BCUT2D eigenvalue weighted by Gasteiger charge is -2.34. The van der Waals surface area contributed by atoms with E-state index in [9.17, 15) is 12.8 Å². The molecule has 1 aliphatic rings. The van der Waals surface area contributed by atoms with Crippen molar-refractivity contribution in [3.8, 4) is 0 Å². The molecule has 0 radical (unpaired) electrons. The molecule has 0 saturated carbocycles. The molecule has 22 heavy (non-hydrogen) atoms. The lowest BCUT2D eigenvalue weighted by molar-refractivity contribution is 0.302. The third kappa shape index (κ3) is 2.58. The third-order valence-electron chi connectivity index (χ3n) is 3.91. The van der Waals surface area contributed by atoms with Gasteiger partial charge >= 0.3 is 0 Å². The van der Waals surface area contributed by atoms with Crippen molar-refractivity contribution in [3.63, 3.8) is 0 Å². The first-order chi connectivity index (χ1) is 10.4. The van der Waals surface area contributed by atoms with Crippen LogP contribution in [0.15, 0.2) is 34.5 Å². The van der Waals surface area contributed by atoms with Gasteiger partial charge in [0, 0.05) is 16.4 Å². The second kappa shape index (κ2) is 5.92. The van der Waals surface area contributed by atoms with Gasteiger partial charge in [-0.25, -0.2) is 12.8 Å². The Kier molecular flexibility index (Phi) is 4.29. The number of nitrogens with zero attached hydrogens (tertiary/aromatic N) is 1. The molecule has 0 saturated heterocycles. The Labute approximate surface area is 138 Å². The third-order valence-corrected chi connectivity index (χ3v) is 7.09. The summed E-state index contributed by atoms with van der Waals surface area (Å²) in [5.41, 5.74) is 1.04. The summed E-state index contributed by atoms with van der Waals surface area (Å²) >= 11 is 7.36. The highest BCUT2D eigenvalue weighted by Crippen LogP contribution is 2.38. The van der Waals surface area contributed by atoms with Crippen molar-refractivity contribution in [2.75, 3.05) is 6.54 Å². The van der Waals surface area contributed by atoms with E-state index in [1.165, 1.54) is 21.3 Å². The highest BCUT2D eigenvalue weighted by Gasteiger charge is 2.37. The van der Waals surface area contributed by atoms with Crippen molar-refractivity contribution in [1.82, 2.24) is 4.31 Å². The highest BCUT2D eigenvalue weighted by molar-refractivity contribution is 7.89. The first-order valence-corrected chi connectivity index (χ1v) is 9.68. The topological polar surface area (TPSA) is 37.4 Å². The van der Waals surface area contributed by atoms with E-state index in [1.807, 2.05) is 18.4 Å². The van der Waals surface area contributed by atoms with Gasteiger partial charge in [0.05, 0.1) is 6.04 Å². The second-order valence-corrected chi connectivity index (χ2v) is 8.46. The number of fused-ring (bicyclic) bond motifs is 1. The average molecular weight is 360 g/mol. The van der Waals surface area contributed by atoms with Gasteiger partial charge in [0.1, 0.15) is 10.7 Å². The van der Waals surface area contributed by atoms with Crippen LogP contribution >= 0.6 is 22.9 Å². The number of hydrogen-bond donors (Lipinski definition) is 0. The molecule has 1 aliphatic heterocycles. The van der Waals surface area contributed by atoms with E-state index in [0.29, 0.717) is 19.4 Å². The van der Waals surface area contributed by atoms with Crippen LogP contribution in [0.25, 0.3) is 0 Å². The van der Waals surface area contributed by atoms with Gasteiger partial charge in [-0.1, -0.05) is 18.5 Å². The van der Waals surface area contributed by atoms with Crippen LogP contribution in [0.2, 0.25) is 5.02 Å². The average Bonchev–Trinajstić information content (AvgIpc) is 2.94. The Balaban J connectivity index is 2.06. The number of benzene rings is 1. The molecule has 2 aromatic rings. The molecule has 3 rings (SSSR count). The number of thiophene rings is 1. The molecule has 2 heterocycles. The summed E-state index contributed by atoms with van der Waals surface area (Å²) < 4.78 is 41.2. The minimum Gasteiger partial charge on any atom is -0.207 e. The zero-order valence-electron chi connectivity index (χ0n) is 11.9. The molecule has 7 heteroatoms. The fourth-order valence-electron chi connectivity index (χ4n) is 2.90. The molecule has 1 aromatic heterocycles. The quantitative estimate of drug-likeness (QED) is 0.822. The minimum atomic E-state index is -3.89. The molecule has 0 bridgehead atoms. The summed E-state index contributed by atoms with van der Waals surface area (Å²) in [6.07, 6.45) is 1.32. The van der Waals surface area contributed by atoms with Crippen molar-refractivity contribution in [1.29, 1.82) is 0 Å². The lowest BCUT2D eigenvalue weighted by atomic mass is 10.0. The summed E-state index contributed by atoms with van der Waals surface area (Å²) in [6.45, 7) is 2.31. The largest absolute Gasteiger partial charge is 0.246 e. The fourth-order valence-corrected chi connectivity index (χ4v) is 5.71. The second-order valence-electron chi connectivity index (χ2n) is 5.16. The van der Waals surface area contributed by atoms with Crippen LogP contribution in [0.4, 0.5) is 4.39 Å². The molecule has 1 atom stereocenters. The molecular weight excluding hydrogens is 345 g/mol. The maximum atomic E-state index is 14.1. The summed E-state index contributed by atoms with van der Waals surface area (Å²) in [6, 6.07) is 5.40. The minimum absolute atomic E-state index is 0.183. The van der Waals surface area contributed by atoms with Crippen molar-refractivity contribution in [2.24, 2.45) is 0 Å². The van der Waals surface area contributed by atoms with Crippen molar-refractivity contribution in [2.45, 2.75) is 30.7 Å². The van der Waals surface area contributed by atoms with Crippen LogP contribution in [0.1, 0.15) is 29.8 Å². The Morgan fingerprint density at radius 2 is 2.18 bits per heavy atom. The van der Waals surface area contributed by atoms with E-state index < -0.39 is 15.8 Å². The van der Waals surface area contributed by atoms with Crippen LogP contribution in [0.5, 0.6) is 0 Å². The SMILES string of the molecule is CCC1c2ccsc2CCN1S(=O)(=O)c1ccc(Cl)cc1F. The van der Waals surface area contributed by atoms with E-state index in [4.69, 9.17) is 11.6 Å². The van der Waals surface area contributed by atoms with E-state index in [-0.39, 0.29) is 16.0 Å². The van der Waals surface area contributed by atoms with Gasteiger partial charge in [-0.15, -0.1) is 11.3 Å².